The van der Waals surface area contributed by atoms with Gasteiger partial charge in [-0.05, 0) is 30.7 Å². The fraction of sp³-hybridized carbons (Fsp3) is 0.0769. The molecule has 0 radical (unpaired) electrons. The van der Waals surface area contributed by atoms with Crippen LogP contribution in [0.15, 0.2) is 36.5 Å². The number of aryl methyl sites for hydroxylation is 1. The number of nitriles is 1. The number of anilines is 3. The lowest BCUT2D eigenvalue weighted by molar-refractivity contribution is 1.29. The molecular formula is C13H12N4. The third kappa shape index (κ3) is 2.52. The Balaban J connectivity index is 2.28. The quantitative estimate of drug-likeness (QED) is 0.822. The molecule has 0 fully saturated rings. The molecule has 0 amide bonds. The lowest BCUT2D eigenvalue weighted by Crippen LogP contribution is -1.99. The molecule has 0 bridgehead atoms. The zero-order valence-corrected chi connectivity index (χ0v) is 9.44. The van der Waals surface area contributed by atoms with Crippen LogP contribution in [-0.4, -0.2) is 4.98 Å². The molecule has 2 aromatic rings. The van der Waals surface area contributed by atoms with Crippen LogP contribution >= 0.6 is 0 Å². The molecule has 0 saturated heterocycles. The van der Waals surface area contributed by atoms with E-state index in [1.807, 2.05) is 37.3 Å². The highest BCUT2D eigenvalue weighted by Gasteiger charge is 2.02. The van der Waals surface area contributed by atoms with Crippen molar-refractivity contribution in [3.05, 3.63) is 47.7 Å². The van der Waals surface area contributed by atoms with E-state index >= 15 is 0 Å². The van der Waals surface area contributed by atoms with Gasteiger partial charge in [0.2, 0.25) is 0 Å². The minimum Gasteiger partial charge on any atom is -0.396 e. The average molecular weight is 224 g/mol. The van der Waals surface area contributed by atoms with E-state index in [-0.39, 0.29) is 0 Å². The van der Waals surface area contributed by atoms with Crippen molar-refractivity contribution in [1.82, 2.24) is 4.98 Å². The average Bonchev–Trinajstić information content (AvgIpc) is 2.32. The van der Waals surface area contributed by atoms with Crippen molar-refractivity contribution < 1.29 is 0 Å². The molecule has 0 saturated carbocycles. The second-order valence-corrected chi connectivity index (χ2v) is 3.77. The zero-order valence-electron chi connectivity index (χ0n) is 9.44. The minimum absolute atomic E-state index is 0.456. The number of nitrogens with zero attached hydrogens (tertiary/aromatic N) is 2. The first-order chi connectivity index (χ1) is 8.19. The molecule has 0 atom stereocenters. The van der Waals surface area contributed by atoms with E-state index in [0.29, 0.717) is 17.1 Å². The van der Waals surface area contributed by atoms with Crippen LogP contribution < -0.4 is 11.1 Å². The Morgan fingerprint density at radius 2 is 2.18 bits per heavy atom. The van der Waals surface area contributed by atoms with E-state index in [1.54, 1.807) is 6.07 Å². The van der Waals surface area contributed by atoms with Gasteiger partial charge in [-0.25, -0.2) is 4.98 Å². The maximum Gasteiger partial charge on any atom is 0.153 e. The van der Waals surface area contributed by atoms with E-state index in [9.17, 15) is 0 Å². The zero-order chi connectivity index (χ0) is 12.3. The Kier molecular flexibility index (Phi) is 2.93. The second kappa shape index (κ2) is 4.54. The van der Waals surface area contributed by atoms with Gasteiger partial charge in [0.25, 0.3) is 0 Å². The predicted molar refractivity (Wildman–Crippen MR) is 67.8 cm³/mol. The lowest BCUT2D eigenvalue weighted by atomic mass is 10.2. The van der Waals surface area contributed by atoms with Crippen molar-refractivity contribution >= 4 is 17.2 Å². The van der Waals surface area contributed by atoms with Crippen LogP contribution in [0.3, 0.4) is 0 Å². The topological polar surface area (TPSA) is 74.7 Å². The molecule has 4 nitrogen and oxygen atoms in total. The summed E-state index contributed by atoms with van der Waals surface area (Å²) in [5.74, 6) is 0.564. The summed E-state index contributed by atoms with van der Waals surface area (Å²) in [7, 11) is 0. The SMILES string of the molecule is Cc1cccc(Nc2ncc(C#N)cc2N)c1. The highest BCUT2D eigenvalue weighted by atomic mass is 15.0. The van der Waals surface area contributed by atoms with Gasteiger partial charge in [-0.2, -0.15) is 5.26 Å². The highest BCUT2D eigenvalue weighted by Crippen LogP contribution is 2.21. The fourth-order valence-corrected chi connectivity index (χ4v) is 1.51. The Hall–Kier alpha value is -2.54. The number of pyridine rings is 1. The first-order valence-electron chi connectivity index (χ1n) is 5.18. The molecule has 84 valence electrons. The van der Waals surface area contributed by atoms with Crippen LogP contribution in [0.2, 0.25) is 0 Å². The number of rotatable bonds is 2. The van der Waals surface area contributed by atoms with E-state index in [1.165, 1.54) is 6.20 Å². The molecule has 17 heavy (non-hydrogen) atoms. The van der Waals surface area contributed by atoms with Gasteiger partial charge in [0, 0.05) is 11.9 Å². The molecule has 1 aromatic carbocycles. The van der Waals surface area contributed by atoms with Gasteiger partial charge in [-0.1, -0.05) is 12.1 Å². The Bertz CT molecular complexity index is 584. The molecule has 0 spiro atoms. The number of hydrogen-bond acceptors (Lipinski definition) is 4. The maximum absolute atomic E-state index is 8.71. The number of aromatic nitrogens is 1. The largest absolute Gasteiger partial charge is 0.396 e. The molecule has 0 unspecified atom stereocenters. The molecule has 2 rings (SSSR count). The van der Waals surface area contributed by atoms with Crippen LogP contribution in [-0.2, 0) is 0 Å². The predicted octanol–water partition coefficient (Wildman–Crippen LogP) is 2.59. The van der Waals surface area contributed by atoms with Crippen molar-refractivity contribution in [1.29, 1.82) is 5.26 Å². The first kappa shape index (κ1) is 11.0. The second-order valence-electron chi connectivity index (χ2n) is 3.77. The number of nitrogen functional groups attached to an aromatic ring is 1. The normalized spacial score (nSPS) is 9.65. The van der Waals surface area contributed by atoms with Gasteiger partial charge in [-0.3, -0.25) is 0 Å². The summed E-state index contributed by atoms with van der Waals surface area (Å²) in [6.45, 7) is 2.01. The number of benzene rings is 1. The van der Waals surface area contributed by atoms with Crippen molar-refractivity contribution in [2.24, 2.45) is 0 Å². The third-order valence-corrected chi connectivity index (χ3v) is 2.33. The van der Waals surface area contributed by atoms with E-state index in [0.717, 1.165) is 11.3 Å². The highest BCUT2D eigenvalue weighted by molar-refractivity contribution is 5.69. The van der Waals surface area contributed by atoms with Crippen molar-refractivity contribution in [3.8, 4) is 6.07 Å². The van der Waals surface area contributed by atoms with Crippen LogP contribution in [0.25, 0.3) is 0 Å². The van der Waals surface area contributed by atoms with Crippen molar-refractivity contribution in [2.45, 2.75) is 6.92 Å². The molecule has 0 aliphatic heterocycles. The molecule has 1 heterocycles. The van der Waals surface area contributed by atoms with Crippen LogP contribution in [0, 0.1) is 18.3 Å². The summed E-state index contributed by atoms with van der Waals surface area (Å²) >= 11 is 0. The van der Waals surface area contributed by atoms with Gasteiger partial charge >= 0.3 is 0 Å². The molecule has 1 aromatic heterocycles. The molecule has 0 aliphatic rings. The Morgan fingerprint density at radius 3 is 2.82 bits per heavy atom. The Morgan fingerprint density at radius 1 is 1.35 bits per heavy atom. The maximum atomic E-state index is 8.71. The fourth-order valence-electron chi connectivity index (χ4n) is 1.51. The van der Waals surface area contributed by atoms with E-state index in [2.05, 4.69) is 10.3 Å². The first-order valence-corrected chi connectivity index (χ1v) is 5.18. The number of nitrogens with two attached hydrogens (primary N) is 1. The smallest absolute Gasteiger partial charge is 0.153 e. The van der Waals surface area contributed by atoms with Gasteiger partial charge in [0.15, 0.2) is 5.82 Å². The van der Waals surface area contributed by atoms with Crippen LogP contribution in [0.5, 0.6) is 0 Å². The Labute approximate surface area is 99.7 Å². The van der Waals surface area contributed by atoms with Crippen LogP contribution in [0.1, 0.15) is 11.1 Å². The lowest BCUT2D eigenvalue weighted by Gasteiger charge is -2.08. The van der Waals surface area contributed by atoms with Crippen molar-refractivity contribution in [3.63, 3.8) is 0 Å². The van der Waals surface area contributed by atoms with E-state index < -0.39 is 0 Å². The minimum atomic E-state index is 0.456. The summed E-state index contributed by atoms with van der Waals surface area (Å²) in [5, 5.41) is 11.8. The molecular weight excluding hydrogens is 212 g/mol. The van der Waals surface area contributed by atoms with Gasteiger partial charge in [0.1, 0.15) is 6.07 Å². The van der Waals surface area contributed by atoms with Gasteiger partial charge < -0.3 is 11.1 Å². The molecule has 3 N–H and O–H groups in total. The molecule has 0 aliphatic carbocycles. The third-order valence-electron chi connectivity index (χ3n) is 2.33. The summed E-state index contributed by atoms with van der Waals surface area (Å²) in [6.07, 6.45) is 1.49. The summed E-state index contributed by atoms with van der Waals surface area (Å²) in [4.78, 5) is 4.12. The van der Waals surface area contributed by atoms with E-state index in [4.69, 9.17) is 11.0 Å². The summed E-state index contributed by atoms with van der Waals surface area (Å²) in [6, 6.07) is 11.5. The summed E-state index contributed by atoms with van der Waals surface area (Å²) in [5.41, 5.74) is 8.81. The number of nitrogens with one attached hydrogen (secondary N) is 1. The molecule has 4 heteroatoms. The van der Waals surface area contributed by atoms with Gasteiger partial charge in [-0.15, -0.1) is 0 Å². The van der Waals surface area contributed by atoms with Gasteiger partial charge in [0.05, 0.1) is 11.3 Å². The standard InChI is InChI=1S/C13H12N4/c1-9-3-2-4-11(5-9)17-13-12(15)6-10(7-14)8-16-13/h2-6,8H,15H2,1H3,(H,16,17). The monoisotopic (exact) mass is 224 g/mol. The number of hydrogen-bond donors (Lipinski definition) is 2. The van der Waals surface area contributed by atoms with Crippen LogP contribution in [0.4, 0.5) is 17.2 Å². The van der Waals surface area contributed by atoms with Crippen molar-refractivity contribution in [2.75, 3.05) is 11.1 Å². The summed E-state index contributed by atoms with van der Waals surface area (Å²) < 4.78 is 0.